The van der Waals surface area contributed by atoms with Gasteiger partial charge in [0.2, 0.25) is 0 Å². The highest BCUT2D eigenvalue weighted by Crippen LogP contribution is 2.29. The minimum absolute atomic E-state index is 0.112. The average molecular weight is 282 g/mol. The summed E-state index contributed by atoms with van der Waals surface area (Å²) in [5, 5.41) is 9.38. The van der Waals surface area contributed by atoms with Gasteiger partial charge < -0.3 is 14.9 Å². The zero-order chi connectivity index (χ0) is 14.7. The summed E-state index contributed by atoms with van der Waals surface area (Å²) in [7, 11) is 1.80. The maximum Gasteiger partial charge on any atom is 0.326 e. The van der Waals surface area contributed by atoms with E-state index in [9.17, 15) is 14.7 Å². The fourth-order valence-corrected chi connectivity index (χ4v) is 3.23. The van der Waals surface area contributed by atoms with E-state index in [1.807, 2.05) is 0 Å². The summed E-state index contributed by atoms with van der Waals surface area (Å²) < 4.78 is 0. The second-order valence-corrected chi connectivity index (χ2v) is 6.31. The standard InChI is InChI=1S/C15H26N2O3/c1-3-11-7-8-17(13(9-11)14(18)19)15(20)16(2)10-12-5-4-6-12/h11-13H,3-10H2,1-2H3,(H,18,19). The number of hydrogen-bond donors (Lipinski definition) is 1. The normalized spacial score (nSPS) is 27.0. The molecule has 1 saturated heterocycles. The van der Waals surface area contributed by atoms with Crippen LogP contribution >= 0.6 is 0 Å². The monoisotopic (exact) mass is 282 g/mol. The second kappa shape index (κ2) is 6.46. The highest BCUT2D eigenvalue weighted by atomic mass is 16.4. The van der Waals surface area contributed by atoms with Crippen LogP contribution < -0.4 is 0 Å². The zero-order valence-electron chi connectivity index (χ0n) is 12.5. The molecule has 2 unspecified atom stereocenters. The predicted molar refractivity (Wildman–Crippen MR) is 76.5 cm³/mol. The van der Waals surface area contributed by atoms with Crippen LogP contribution in [0.3, 0.4) is 0 Å². The van der Waals surface area contributed by atoms with Gasteiger partial charge in [-0.1, -0.05) is 19.8 Å². The molecule has 2 rings (SSSR count). The molecule has 0 radical (unpaired) electrons. The quantitative estimate of drug-likeness (QED) is 0.861. The number of likely N-dealkylation sites (tertiary alicyclic amines) is 1. The van der Waals surface area contributed by atoms with Crippen LogP contribution in [0, 0.1) is 11.8 Å². The Morgan fingerprint density at radius 3 is 2.45 bits per heavy atom. The lowest BCUT2D eigenvalue weighted by atomic mass is 9.85. The van der Waals surface area contributed by atoms with E-state index in [0.717, 1.165) is 19.4 Å². The van der Waals surface area contributed by atoms with Crippen molar-refractivity contribution in [3.8, 4) is 0 Å². The van der Waals surface area contributed by atoms with Gasteiger partial charge in [-0.05, 0) is 37.5 Å². The molecule has 0 spiro atoms. The molecule has 2 fully saturated rings. The molecule has 2 atom stereocenters. The first kappa shape index (κ1) is 15.1. The Kier molecular flexibility index (Phi) is 4.89. The number of carboxylic acids is 1. The Labute approximate surface area is 120 Å². The topological polar surface area (TPSA) is 60.9 Å². The lowest BCUT2D eigenvalue weighted by Crippen LogP contribution is -2.54. The van der Waals surface area contributed by atoms with Gasteiger partial charge in [-0.3, -0.25) is 0 Å². The van der Waals surface area contributed by atoms with Crippen molar-refractivity contribution in [3.63, 3.8) is 0 Å². The van der Waals surface area contributed by atoms with Crippen molar-refractivity contribution in [3.05, 3.63) is 0 Å². The molecule has 1 aliphatic carbocycles. The molecule has 0 aromatic rings. The Morgan fingerprint density at radius 1 is 1.25 bits per heavy atom. The van der Waals surface area contributed by atoms with Crippen molar-refractivity contribution in [2.75, 3.05) is 20.1 Å². The SMILES string of the molecule is CCC1CCN(C(=O)N(C)CC2CCC2)C(C(=O)O)C1. The van der Waals surface area contributed by atoms with Gasteiger partial charge in [-0.2, -0.15) is 0 Å². The molecule has 0 bridgehead atoms. The number of nitrogens with zero attached hydrogens (tertiary/aromatic N) is 2. The van der Waals surface area contributed by atoms with Crippen molar-refractivity contribution in [2.45, 2.75) is 51.5 Å². The van der Waals surface area contributed by atoms with Crippen molar-refractivity contribution in [1.29, 1.82) is 0 Å². The van der Waals surface area contributed by atoms with E-state index in [1.165, 1.54) is 19.3 Å². The van der Waals surface area contributed by atoms with Gasteiger partial charge in [0.05, 0.1) is 0 Å². The molecule has 2 aliphatic rings. The molecule has 5 heteroatoms. The lowest BCUT2D eigenvalue weighted by molar-refractivity contribution is -0.144. The lowest BCUT2D eigenvalue weighted by Gasteiger charge is -2.40. The van der Waals surface area contributed by atoms with Gasteiger partial charge in [0.25, 0.3) is 0 Å². The maximum absolute atomic E-state index is 12.5. The first-order chi connectivity index (χ1) is 9.52. The molecule has 1 aliphatic heterocycles. The van der Waals surface area contributed by atoms with E-state index in [0.29, 0.717) is 24.8 Å². The summed E-state index contributed by atoms with van der Waals surface area (Å²) in [5.41, 5.74) is 0. The highest BCUT2D eigenvalue weighted by Gasteiger charge is 2.37. The smallest absolute Gasteiger partial charge is 0.326 e. The van der Waals surface area contributed by atoms with E-state index >= 15 is 0 Å². The number of piperidine rings is 1. The fraction of sp³-hybridized carbons (Fsp3) is 0.867. The number of hydrogen-bond acceptors (Lipinski definition) is 2. The summed E-state index contributed by atoms with van der Waals surface area (Å²) in [4.78, 5) is 27.2. The van der Waals surface area contributed by atoms with E-state index in [1.54, 1.807) is 16.8 Å². The number of amides is 2. The highest BCUT2D eigenvalue weighted by molar-refractivity contribution is 5.82. The van der Waals surface area contributed by atoms with Gasteiger partial charge in [0, 0.05) is 20.1 Å². The number of rotatable bonds is 4. The number of aliphatic carboxylic acids is 1. The predicted octanol–water partition coefficient (Wildman–Crippen LogP) is 2.41. The van der Waals surface area contributed by atoms with E-state index < -0.39 is 12.0 Å². The van der Waals surface area contributed by atoms with E-state index in [2.05, 4.69) is 6.92 Å². The molecular formula is C15H26N2O3. The fourth-order valence-electron chi connectivity index (χ4n) is 3.23. The molecule has 1 saturated carbocycles. The summed E-state index contributed by atoms with van der Waals surface area (Å²) >= 11 is 0. The Balaban J connectivity index is 1.97. The number of carboxylic acid groups (broad SMARTS) is 1. The first-order valence-electron chi connectivity index (χ1n) is 7.77. The maximum atomic E-state index is 12.5. The van der Waals surface area contributed by atoms with Crippen LogP contribution in [0.5, 0.6) is 0 Å². The summed E-state index contributed by atoms with van der Waals surface area (Å²) in [5.74, 6) is 0.172. The van der Waals surface area contributed by atoms with Crippen molar-refractivity contribution in [1.82, 2.24) is 9.80 Å². The van der Waals surface area contributed by atoms with Gasteiger partial charge in [-0.25, -0.2) is 9.59 Å². The van der Waals surface area contributed by atoms with Crippen molar-refractivity contribution >= 4 is 12.0 Å². The second-order valence-electron chi connectivity index (χ2n) is 6.31. The summed E-state index contributed by atoms with van der Waals surface area (Å²) in [6.45, 7) is 3.42. The number of urea groups is 1. The van der Waals surface area contributed by atoms with Gasteiger partial charge in [0.15, 0.2) is 0 Å². The van der Waals surface area contributed by atoms with Crippen LogP contribution in [0.25, 0.3) is 0 Å². The molecule has 1 heterocycles. The molecule has 1 N–H and O–H groups in total. The van der Waals surface area contributed by atoms with Crippen molar-refractivity contribution < 1.29 is 14.7 Å². The number of carbonyl (C=O) groups excluding carboxylic acids is 1. The molecule has 0 aromatic heterocycles. The minimum Gasteiger partial charge on any atom is -0.480 e. The van der Waals surface area contributed by atoms with Gasteiger partial charge in [-0.15, -0.1) is 0 Å². The van der Waals surface area contributed by atoms with E-state index in [4.69, 9.17) is 0 Å². The third-order valence-corrected chi connectivity index (χ3v) is 4.90. The Bertz CT molecular complexity index is 368. The van der Waals surface area contributed by atoms with Crippen LogP contribution in [0.1, 0.15) is 45.4 Å². The number of carbonyl (C=O) groups is 2. The molecule has 20 heavy (non-hydrogen) atoms. The molecule has 5 nitrogen and oxygen atoms in total. The molecular weight excluding hydrogens is 256 g/mol. The summed E-state index contributed by atoms with van der Waals surface area (Å²) in [6, 6.07) is -0.760. The van der Waals surface area contributed by atoms with Crippen LogP contribution in [-0.2, 0) is 4.79 Å². The van der Waals surface area contributed by atoms with Crippen molar-refractivity contribution in [2.24, 2.45) is 11.8 Å². The Morgan fingerprint density at radius 2 is 1.95 bits per heavy atom. The van der Waals surface area contributed by atoms with Crippen LogP contribution in [0.15, 0.2) is 0 Å². The molecule has 2 amide bonds. The third-order valence-electron chi connectivity index (χ3n) is 4.90. The summed E-state index contributed by atoms with van der Waals surface area (Å²) in [6.07, 6.45) is 6.14. The van der Waals surface area contributed by atoms with Gasteiger partial charge >= 0.3 is 12.0 Å². The first-order valence-corrected chi connectivity index (χ1v) is 7.77. The van der Waals surface area contributed by atoms with E-state index in [-0.39, 0.29) is 6.03 Å². The van der Waals surface area contributed by atoms with Crippen LogP contribution in [0.2, 0.25) is 0 Å². The largest absolute Gasteiger partial charge is 0.480 e. The zero-order valence-corrected chi connectivity index (χ0v) is 12.5. The third kappa shape index (κ3) is 3.25. The molecule has 114 valence electrons. The minimum atomic E-state index is -0.867. The Hall–Kier alpha value is -1.26. The molecule has 0 aromatic carbocycles. The average Bonchev–Trinajstić information content (AvgIpc) is 2.40. The van der Waals surface area contributed by atoms with Gasteiger partial charge in [0.1, 0.15) is 6.04 Å². The van der Waals surface area contributed by atoms with Crippen LogP contribution in [0.4, 0.5) is 4.79 Å². The van der Waals surface area contributed by atoms with Crippen LogP contribution in [-0.4, -0.2) is 53.1 Å².